The minimum Gasteiger partial charge on any atom is -0.306 e. The van der Waals surface area contributed by atoms with Crippen LogP contribution in [0.3, 0.4) is 0 Å². The fourth-order valence-corrected chi connectivity index (χ4v) is 2.39. The Morgan fingerprint density at radius 2 is 1.95 bits per heavy atom. The van der Waals surface area contributed by atoms with Crippen LogP contribution in [-0.2, 0) is 4.79 Å². The summed E-state index contributed by atoms with van der Waals surface area (Å²) in [5.74, 6) is 0.0235. The monoisotopic (exact) mass is 277 g/mol. The predicted octanol–water partition coefficient (Wildman–Crippen LogP) is 3.13. The van der Waals surface area contributed by atoms with E-state index in [1.54, 1.807) is 23.4 Å². The van der Waals surface area contributed by atoms with Gasteiger partial charge in [0, 0.05) is 18.9 Å². The molecule has 2 heterocycles. The standard InChI is InChI=1S/C17H15N3O/c1-2-11-20-16-6-4-3-5-14(16)19-15(12-17(20)21)13-7-9-18-10-8-13/h2-10H,1,11-12H2. The average molecular weight is 277 g/mol. The van der Waals surface area contributed by atoms with Crippen molar-refractivity contribution in [2.75, 3.05) is 11.4 Å². The molecule has 1 aliphatic heterocycles. The van der Waals surface area contributed by atoms with Gasteiger partial charge in [-0.15, -0.1) is 6.58 Å². The lowest BCUT2D eigenvalue weighted by atomic mass is 10.1. The zero-order valence-electron chi connectivity index (χ0n) is 11.6. The molecule has 2 aromatic rings. The zero-order chi connectivity index (χ0) is 14.7. The van der Waals surface area contributed by atoms with E-state index in [1.165, 1.54) is 0 Å². The molecule has 0 bridgehead atoms. The quantitative estimate of drug-likeness (QED) is 0.809. The fraction of sp³-hybridized carbons (Fsp3) is 0.118. The fourth-order valence-electron chi connectivity index (χ4n) is 2.39. The maximum absolute atomic E-state index is 12.5. The molecular formula is C17H15N3O. The average Bonchev–Trinajstić information content (AvgIpc) is 2.66. The van der Waals surface area contributed by atoms with Crippen LogP contribution in [0, 0.1) is 0 Å². The second-order valence-corrected chi connectivity index (χ2v) is 4.75. The van der Waals surface area contributed by atoms with Crippen molar-refractivity contribution < 1.29 is 4.79 Å². The van der Waals surface area contributed by atoms with Gasteiger partial charge in [0.15, 0.2) is 0 Å². The highest BCUT2D eigenvalue weighted by Gasteiger charge is 2.23. The molecule has 0 saturated heterocycles. The Labute approximate surface area is 123 Å². The lowest BCUT2D eigenvalue weighted by Crippen LogP contribution is -2.31. The number of para-hydroxylation sites is 2. The highest BCUT2D eigenvalue weighted by atomic mass is 16.2. The van der Waals surface area contributed by atoms with E-state index in [9.17, 15) is 4.79 Å². The summed E-state index contributed by atoms with van der Waals surface area (Å²) in [4.78, 5) is 22.9. The summed E-state index contributed by atoms with van der Waals surface area (Å²) < 4.78 is 0. The van der Waals surface area contributed by atoms with E-state index >= 15 is 0 Å². The summed E-state index contributed by atoms with van der Waals surface area (Å²) in [6.45, 7) is 4.21. The topological polar surface area (TPSA) is 45.6 Å². The van der Waals surface area contributed by atoms with Crippen molar-refractivity contribution in [1.82, 2.24) is 4.98 Å². The van der Waals surface area contributed by atoms with E-state index in [4.69, 9.17) is 0 Å². The third kappa shape index (κ3) is 2.60. The normalized spacial score (nSPS) is 14.2. The number of aromatic nitrogens is 1. The maximum atomic E-state index is 12.5. The number of rotatable bonds is 3. The minimum atomic E-state index is 0.0235. The third-order valence-corrected chi connectivity index (χ3v) is 3.37. The van der Waals surface area contributed by atoms with Crippen LogP contribution in [-0.4, -0.2) is 23.1 Å². The second-order valence-electron chi connectivity index (χ2n) is 4.75. The van der Waals surface area contributed by atoms with Crippen LogP contribution in [0.5, 0.6) is 0 Å². The summed E-state index contributed by atoms with van der Waals surface area (Å²) in [6, 6.07) is 11.4. The van der Waals surface area contributed by atoms with E-state index in [1.807, 2.05) is 36.4 Å². The van der Waals surface area contributed by atoms with Crippen LogP contribution >= 0.6 is 0 Å². The van der Waals surface area contributed by atoms with Crippen molar-refractivity contribution in [1.29, 1.82) is 0 Å². The SMILES string of the molecule is C=CCN1C(=O)CC(c2ccncc2)=Nc2ccccc21. The molecule has 4 nitrogen and oxygen atoms in total. The van der Waals surface area contributed by atoms with Gasteiger partial charge in [-0.3, -0.25) is 14.8 Å². The van der Waals surface area contributed by atoms with Crippen LogP contribution in [0.1, 0.15) is 12.0 Å². The van der Waals surface area contributed by atoms with Gasteiger partial charge in [0.2, 0.25) is 5.91 Å². The van der Waals surface area contributed by atoms with Crippen molar-refractivity contribution in [2.24, 2.45) is 4.99 Å². The molecule has 4 heteroatoms. The van der Waals surface area contributed by atoms with Crippen molar-refractivity contribution in [3.8, 4) is 0 Å². The number of anilines is 1. The Morgan fingerprint density at radius 3 is 2.71 bits per heavy atom. The first kappa shape index (κ1) is 13.2. The van der Waals surface area contributed by atoms with E-state index in [-0.39, 0.29) is 12.3 Å². The van der Waals surface area contributed by atoms with Gasteiger partial charge in [-0.1, -0.05) is 18.2 Å². The second kappa shape index (κ2) is 5.71. The molecule has 0 atom stereocenters. The number of hydrogen-bond donors (Lipinski definition) is 0. The molecule has 1 amide bonds. The van der Waals surface area contributed by atoms with Gasteiger partial charge in [-0.2, -0.15) is 0 Å². The van der Waals surface area contributed by atoms with Gasteiger partial charge in [0.05, 0.1) is 23.5 Å². The van der Waals surface area contributed by atoms with E-state index in [0.717, 1.165) is 22.6 Å². The number of amides is 1. The van der Waals surface area contributed by atoms with Crippen molar-refractivity contribution in [3.63, 3.8) is 0 Å². The van der Waals surface area contributed by atoms with Gasteiger partial charge >= 0.3 is 0 Å². The third-order valence-electron chi connectivity index (χ3n) is 3.37. The summed E-state index contributed by atoms with van der Waals surface area (Å²) in [6.07, 6.45) is 5.42. The number of pyridine rings is 1. The Hall–Kier alpha value is -2.75. The first-order valence-electron chi connectivity index (χ1n) is 6.78. The number of carbonyl (C=O) groups excluding carboxylic acids is 1. The lowest BCUT2D eigenvalue weighted by molar-refractivity contribution is -0.117. The molecule has 0 unspecified atom stereocenters. The van der Waals surface area contributed by atoms with Crippen LogP contribution in [0.25, 0.3) is 0 Å². The summed E-state index contributed by atoms with van der Waals surface area (Å²) in [5.41, 5.74) is 3.32. The van der Waals surface area contributed by atoms with Gasteiger partial charge in [-0.05, 0) is 29.8 Å². The van der Waals surface area contributed by atoms with E-state index in [0.29, 0.717) is 6.54 Å². The minimum absolute atomic E-state index is 0.0235. The molecule has 0 fully saturated rings. The molecular weight excluding hydrogens is 262 g/mol. The van der Waals surface area contributed by atoms with Gasteiger partial charge < -0.3 is 4.90 Å². The van der Waals surface area contributed by atoms with Gasteiger partial charge in [-0.25, -0.2) is 0 Å². The molecule has 0 radical (unpaired) electrons. The smallest absolute Gasteiger partial charge is 0.233 e. The molecule has 3 rings (SSSR count). The van der Waals surface area contributed by atoms with Crippen LogP contribution < -0.4 is 4.90 Å². The molecule has 0 spiro atoms. The number of fused-ring (bicyclic) bond motifs is 1. The van der Waals surface area contributed by atoms with Crippen molar-refractivity contribution >= 4 is 23.0 Å². The number of aliphatic imine (C=N–C) groups is 1. The van der Waals surface area contributed by atoms with Crippen LogP contribution in [0.4, 0.5) is 11.4 Å². The first-order valence-corrected chi connectivity index (χ1v) is 6.78. The number of carbonyl (C=O) groups is 1. The van der Waals surface area contributed by atoms with Crippen LogP contribution in [0.2, 0.25) is 0 Å². The molecule has 1 aliphatic rings. The van der Waals surface area contributed by atoms with Crippen LogP contribution in [0.15, 0.2) is 66.4 Å². The van der Waals surface area contributed by atoms with E-state index < -0.39 is 0 Å². The highest BCUT2D eigenvalue weighted by molar-refractivity contribution is 6.17. The van der Waals surface area contributed by atoms with Gasteiger partial charge in [0.1, 0.15) is 0 Å². The number of nitrogens with zero attached hydrogens (tertiary/aromatic N) is 3. The largest absolute Gasteiger partial charge is 0.306 e. The zero-order valence-corrected chi connectivity index (χ0v) is 11.6. The predicted molar refractivity (Wildman–Crippen MR) is 84.0 cm³/mol. The van der Waals surface area contributed by atoms with Crippen molar-refractivity contribution in [2.45, 2.75) is 6.42 Å². The first-order chi connectivity index (χ1) is 10.3. The molecule has 104 valence electrons. The summed E-state index contributed by atoms with van der Waals surface area (Å²) in [5, 5.41) is 0. The molecule has 1 aromatic heterocycles. The summed E-state index contributed by atoms with van der Waals surface area (Å²) >= 11 is 0. The van der Waals surface area contributed by atoms with Gasteiger partial charge in [0.25, 0.3) is 0 Å². The molecule has 21 heavy (non-hydrogen) atoms. The molecule has 0 aliphatic carbocycles. The van der Waals surface area contributed by atoms with E-state index in [2.05, 4.69) is 16.6 Å². The Bertz CT molecular complexity index is 707. The Balaban J connectivity index is 2.10. The highest BCUT2D eigenvalue weighted by Crippen LogP contribution is 2.32. The number of benzene rings is 1. The lowest BCUT2D eigenvalue weighted by Gasteiger charge is -2.20. The summed E-state index contributed by atoms with van der Waals surface area (Å²) in [7, 11) is 0. The Morgan fingerprint density at radius 1 is 1.19 bits per heavy atom. The van der Waals surface area contributed by atoms with Crippen molar-refractivity contribution in [3.05, 3.63) is 67.0 Å². The Kier molecular flexibility index (Phi) is 3.60. The molecule has 0 N–H and O–H groups in total. The molecule has 0 saturated carbocycles. The maximum Gasteiger partial charge on any atom is 0.233 e. The molecule has 1 aromatic carbocycles. The number of hydrogen-bond acceptors (Lipinski definition) is 3.